The SMILES string of the molecule is CCCc1nc(-c2ccc3c(c2)N(CC(=O)Nc2ccccc2OC)C(=O)C(C)O3)cs1. The maximum absolute atomic E-state index is 12.9. The van der Waals surface area contributed by atoms with E-state index in [1.807, 2.05) is 35.7 Å². The van der Waals surface area contributed by atoms with Crippen molar-refractivity contribution < 1.29 is 19.1 Å². The number of ether oxygens (including phenoxy) is 2. The first-order valence-corrected chi connectivity index (χ1v) is 11.4. The maximum atomic E-state index is 12.9. The predicted molar refractivity (Wildman–Crippen MR) is 126 cm³/mol. The molecule has 0 aliphatic carbocycles. The molecule has 2 aromatic carbocycles. The van der Waals surface area contributed by atoms with E-state index in [0.717, 1.165) is 29.1 Å². The Morgan fingerprint density at radius 2 is 2.09 bits per heavy atom. The van der Waals surface area contributed by atoms with Gasteiger partial charge in [-0.25, -0.2) is 4.98 Å². The van der Waals surface area contributed by atoms with Crippen LogP contribution in [-0.2, 0) is 16.0 Å². The van der Waals surface area contributed by atoms with Gasteiger partial charge in [0.15, 0.2) is 6.10 Å². The van der Waals surface area contributed by atoms with Crippen LogP contribution in [-0.4, -0.2) is 36.6 Å². The zero-order valence-corrected chi connectivity index (χ0v) is 19.1. The number of thiazole rings is 1. The molecule has 0 saturated heterocycles. The van der Waals surface area contributed by atoms with E-state index < -0.39 is 6.10 Å². The summed E-state index contributed by atoms with van der Waals surface area (Å²) in [4.78, 5) is 31.9. The van der Waals surface area contributed by atoms with Crippen LogP contribution in [0, 0.1) is 0 Å². The Bertz CT molecular complexity index is 1140. The number of nitrogens with zero attached hydrogens (tertiary/aromatic N) is 2. The van der Waals surface area contributed by atoms with Crippen LogP contribution in [0.25, 0.3) is 11.3 Å². The van der Waals surface area contributed by atoms with E-state index in [-0.39, 0.29) is 18.4 Å². The number of anilines is 2. The lowest BCUT2D eigenvalue weighted by Gasteiger charge is -2.33. The summed E-state index contributed by atoms with van der Waals surface area (Å²) in [5.74, 6) is 0.522. The van der Waals surface area contributed by atoms with Gasteiger partial charge in [0.05, 0.1) is 29.2 Å². The number of fused-ring (bicyclic) bond motifs is 1. The van der Waals surface area contributed by atoms with Gasteiger partial charge in [0, 0.05) is 10.9 Å². The summed E-state index contributed by atoms with van der Waals surface area (Å²) >= 11 is 1.62. The van der Waals surface area contributed by atoms with E-state index in [4.69, 9.17) is 14.5 Å². The third-order valence-electron chi connectivity index (χ3n) is 5.16. The quantitative estimate of drug-likeness (QED) is 0.571. The first kappa shape index (κ1) is 21.8. The summed E-state index contributed by atoms with van der Waals surface area (Å²) in [6.45, 7) is 3.67. The van der Waals surface area contributed by atoms with Gasteiger partial charge in [-0.15, -0.1) is 11.3 Å². The number of rotatable bonds is 7. The van der Waals surface area contributed by atoms with Crippen molar-refractivity contribution in [1.29, 1.82) is 0 Å². The lowest BCUT2D eigenvalue weighted by Crippen LogP contribution is -2.47. The minimum Gasteiger partial charge on any atom is -0.495 e. The molecule has 7 nitrogen and oxygen atoms in total. The molecule has 4 rings (SSSR count). The van der Waals surface area contributed by atoms with Crippen LogP contribution in [0.3, 0.4) is 0 Å². The molecular formula is C24H25N3O4S. The Hall–Kier alpha value is -3.39. The monoisotopic (exact) mass is 451 g/mol. The van der Waals surface area contributed by atoms with Gasteiger partial charge in [-0.05, 0) is 50.1 Å². The predicted octanol–water partition coefficient (Wildman–Crippen LogP) is 4.52. The highest BCUT2D eigenvalue weighted by atomic mass is 32.1. The summed E-state index contributed by atoms with van der Waals surface area (Å²) in [6, 6.07) is 12.8. The van der Waals surface area contributed by atoms with Gasteiger partial charge in [0.2, 0.25) is 5.91 Å². The number of methoxy groups -OCH3 is 1. The highest BCUT2D eigenvalue weighted by Crippen LogP contribution is 2.38. The van der Waals surface area contributed by atoms with Gasteiger partial charge in [-0.2, -0.15) is 0 Å². The van der Waals surface area contributed by atoms with Crippen molar-refractivity contribution in [2.75, 3.05) is 23.9 Å². The molecule has 1 N–H and O–H groups in total. The minimum atomic E-state index is -0.678. The smallest absolute Gasteiger partial charge is 0.268 e. The van der Waals surface area contributed by atoms with Crippen molar-refractivity contribution >= 4 is 34.5 Å². The first-order valence-electron chi connectivity index (χ1n) is 10.5. The average Bonchev–Trinajstić information content (AvgIpc) is 3.26. The van der Waals surface area contributed by atoms with Gasteiger partial charge >= 0.3 is 0 Å². The van der Waals surface area contributed by atoms with Crippen LogP contribution in [0.5, 0.6) is 11.5 Å². The van der Waals surface area contributed by atoms with E-state index in [1.54, 1.807) is 37.5 Å². The second-order valence-corrected chi connectivity index (χ2v) is 8.43. The van der Waals surface area contributed by atoms with Crippen LogP contribution >= 0.6 is 11.3 Å². The Balaban J connectivity index is 1.61. The van der Waals surface area contributed by atoms with E-state index in [1.165, 1.54) is 4.90 Å². The molecule has 2 heterocycles. The number of para-hydroxylation sites is 2. The van der Waals surface area contributed by atoms with Crippen molar-refractivity contribution in [1.82, 2.24) is 4.98 Å². The second-order valence-electron chi connectivity index (χ2n) is 7.49. The molecule has 1 unspecified atom stereocenters. The summed E-state index contributed by atoms with van der Waals surface area (Å²) < 4.78 is 11.1. The molecule has 0 fully saturated rings. The number of hydrogen-bond donors (Lipinski definition) is 1. The molecule has 1 atom stereocenters. The summed E-state index contributed by atoms with van der Waals surface area (Å²) in [5, 5.41) is 5.92. The van der Waals surface area contributed by atoms with Crippen molar-refractivity contribution in [2.24, 2.45) is 0 Å². The molecule has 3 aromatic rings. The fourth-order valence-corrected chi connectivity index (χ4v) is 4.49. The Kier molecular flexibility index (Phi) is 6.41. The van der Waals surface area contributed by atoms with Gasteiger partial charge in [-0.1, -0.05) is 19.1 Å². The first-order chi connectivity index (χ1) is 15.5. The van der Waals surface area contributed by atoms with Crippen molar-refractivity contribution in [3.05, 3.63) is 52.9 Å². The summed E-state index contributed by atoms with van der Waals surface area (Å²) in [5.41, 5.74) is 2.84. The lowest BCUT2D eigenvalue weighted by molar-refractivity contribution is -0.127. The number of hydrogen-bond acceptors (Lipinski definition) is 6. The largest absolute Gasteiger partial charge is 0.495 e. The maximum Gasteiger partial charge on any atom is 0.268 e. The van der Waals surface area contributed by atoms with Gasteiger partial charge in [0.1, 0.15) is 18.0 Å². The molecule has 8 heteroatoms. The molecule has 1 aromatic heterocycles. The van der Waals surface area contributed by atoms with E-state index >= 15 is 0 Å². The fraction of sp³-hybridized carbons (Fsp3) is 0.292. The van der Waals surface area contributed by atoms with E-state index in [9.17, 15) is 9.59 Å². The van der Waals surface area contributed by atoms with Crippen LogP contribution in [0.2, 0.25) is 0 Å². The zero-order chi connectivity index (χ0) is 22.7. The number of carbonyl (C=O) groups excluding carboxylic acids is 2. The molecule has 1 aliphatic rings. The minimum absolute atomic E-state index is 0.140. The fourth-order valence-electron chi connectivity index (χ4n) is 3.58. The van der Waals surface area contributed by atoms with Gasteiger partial charge < -0.3 is 14.8 Å². The number of amides is 2. The number of aromatic nitrogens is 1. The van der Waals surface area contributed by atoms with Crippen molar-refractivity contribution in [3.8, 4) is 22.8 Å². The van der Waals surface area contributed by atoms with Gasteiger partial charge in [0.25, 0.3) is 5.91 Å². The Labute approximate surface area is 191 Å². The Morgan fingerprint density at radius 3 is 2.88 bits per heavy atom. The normalized spacial score (nSPS) is 15.2. The van der Waals surface area contributed by atoms with Crippen LogP contribution in [0.4, 0.5) is 11.4 Å². The second kappa shape index (κ2) is 9.40. The topological polar surface area (TPSA) is 80.8 Å². The number of benzene rings is 2. The summed E-state index contributed by atoms with van der Waals surface area (Å²) in [6.07, 6.45) is 1.29. The molecule has 1 aliphatic heterocycles. The zero-order valence-electron chi connectivity index (χ0n) is 18.3. The Morgan fingerprint density at radius 1 is 1.28 bits per heavy atom. The van der Waals surface area contributed by atoms with Crippen molar-refractivity contribution in [3.63, 3.8) is 0 Å². The van der Waals surface area contributed by atoms with Gasteiger partial charge in [-0.3, -0.25) is 14.5 Å². The third-order valence-corrected chi connectivity index (χ3v) is 6.07. The number of nitrogens with one attached hydrogen (secondary N) is 1. The highest BCUT2D eigenvalue weighted by molar-refractivity contribution is 7.09. The standard InChI is InChI=1S/C24H25N3O4S/c1-4-7-23-26-18(14-32-23)16-10-11-21-19(12-16)27(24(29)15(2)31-21)13-22(28)25-17-8-5-6-9-20(17)30-3/h5-6,8-12,14-15H,4,7,13H2,1-3H3,(H,25,28). The van der Waals surface area contributed by atoms with E-state index in [2.05, 4.69) is 12.2 Å². The molecule has 0 saturated carbocycles. The lowest BCUT2D eigenvalue weighted by atomic mass is 10.1. The van der Waals surface area contributed by atoms with Crippen molar-refractivity contribution in [2.45, 2.75) is 32.8 Å². The molecular weight excluding hydrogens is 426 g/mol. The number of carbonyl (C=O) groups is 2. The molecule has 0 bridgehead atoms. The summed E-state index contributed by atoms with van der Waals surface area (Å²) in [7, 11) is 1.54. The average molecular weight is 452 g/mol. The third kappa shape index (κ3) is 4.45. The molecule has 0 radical (unpaired) electrons. The molecule has 32 heavy (non-hydrogen) atoms. The molecule has 2 amide bonds. The molecule has 0 spiro atoms. The molecule has 166 valence electrons. The van der Waals surface area contributed by atoms with E-state index in [0.29, 0.717) is 22.9 Å². The van der Waals surface area contributed by atoms with Crippen LogP contribution in [0.1, 0.15) is 25.3 Å². The number of aryl methyl sites for hydroxylation is 1. The highest BCUT2D eigenvalue weighted by Gasteiger charge is 2.33. The van der Waals surface area contributed by atoms with Crippen LogP contribution in [0.15, 0.2) is 47.8 Å². The van der Waals surface area contributed by atoms with Crippen LogP contribution < -0.4 is 19.7 Å².